The number of nitrogens with zero attached hydrogens (tertiary/aromatic N) is 3. The van der Waals surface area contributed by atoms with Gasteiger partial charge in [-0.1, -0.05) is 0 Å². The highest BCUT2D eigenvalue weighted by Crippen LogP contribution is 2.17. The van der Waals surface area contributed by atoms with E-state index in [2.05, 4.69) is 15.3 Å². The summed E-state index contributed by atoms with van der Waals surface area (Å²) in [5, 5.41) is 2.69. The molecule has 0 atom stereocenters. The molecule has 116 valence electrons. The zero-order valence-electron chi connectivity index (χ0n) is 12.6. The number of anilines is 1. The Morgan fingerprint density at radius 3 is 2.77 bits per heavy atom. The van der Waals surface area contributed by atoms with Crippen LogP contribution in [0.4, 0.5) is 10.3 Å². The summed E-state index contributed by atoms with van der Waals surface area (Å²) >= 11 is 0. The molecule has 0 bridgehead atoms. The first-order valence-corrected chi connectivity index (χ1v) is 6.62. The number of hydrogen-bond donors (Lipinski definition) is 1. The second-order valence-corrected chi connectivity index (χ2v) is 4.77. The SMILES string of the molecule is COc1ccc(C(=O)NCc2ccnc(N(C)C)n2)cc1F. The van der Waals surface area contributed by atoms with Crippen molar-refractivity contribution in [2.45, 2.75) is 6.54 Å². The Morgan fingerprint density at radius 2 is 2.14 bits per heavy atom. The summed E-state index contributed by atoms with van der Waals surface area (Å²) in [5.74, 6) is -0.302. The van der Waals surface area contributed by atoms with Crippen LogP contribution in [0.15, 0.2) is 30.5 Å². The van der Waals surface area contributed by atoms with Gasteiger partial charge in [-0.15, -0.1) is 0 Å². The molecule has 1 heterocycles. The van der Waals surface area contributed by atoms with E-state index in [0.717, 1.165) is 6.07 Å². The number of hydrogen-bond acceptors (Lipinski definition) is 5. The molecule has 0 unspecified atom stereocenters. The molecule has 0 fully saturated rings. The lowest BCUT2D eigenvalue weighted by molar-refractivity contribution is 0.0950. The lowest BCUT2D eigenvalue weighted by atomic mass is 10.2. The third-order valence-electron chi connectivity index (χ3n) is 2.94. The van der Waals surface area contributed by atoms with Gasteiger partial charge in [0.1, 0.15) is 0 Å². The number of aromatic nitrogens is 2. The Labute approximate surface area is 128 Å². The van der Waals surface area contributed by atoms with Gasteiger partial charge in [0.2, 0.25) is 5.95 Å². The number of ether oxygens (including phenoxy) is 1. The largest absolute Gasteiger partial charge is 0.494 e. The molecular formula is C15H17FN4O2. The zero-order valence-corrected chi connectivity index (χ0v) is 12.6. The molecule has 2 rings (SSSR count). The first-order chi connectivity index (χ1) is 10.5. The molecule has 0 radical (unpaired) electrons. The van der Waals surface area contributed by atoms with Gasteiger partial charge in [-0.05, 0) is 24.3 Å². The predicted octanol–water partition coefficient (Wildman–Crippen LogP) is 1.62. The van der Waals surface area contributed by atoms with E-state index in [4.69, 9.17) is 4.74 Å². The Balaban J connectivity index is 2.03. The fourth-order valence-corrected chi connectivity index (χ4v) is 1.78. The maximum atomic E-state index is 13.6. The van der Waals surface area contributed by atoms with Crippen molar-refractivity contribution in [2.24, 2.45) is 0 Å². The minimum atomic E-state index is -0.577. The number of benzene rings is 1. The van der Waals surface area contributed by atoms with E-state index in [1.807, 2.05) is 14.1 Å². The monoisotopic (exact) mass is 304 g/mol. The van der Waals surface area contributed by atoms with E-state index in [-0.39, 0.29) is 23.8 Å². The number of rotatable bonds is 5. The zero-order chi connectivity index (χ0) is 16.1. The smallest absolute Gasteiger partial charge is 0.251 e. The molecule has 0 saturated heterocycles. The van der Waals surface area contributed by atoms with Gasteiger partial charge >= 0.3 is 0 Å². The van der Waals surface area contributed by atoms with Gasteiger partial charge in [0.05, 0.1) is 19.3 Å². The first kappa shape index (κ1) is 15.7. The second-order valence-electron chi connectivity index (χ2n) is 4.77. The van der Waals surface area contributed by atoms with Gasteiger partial charge in [-0.25, -0.2) is 14.4 Å². The number of halogens is 1. The molecule has 1 aromatic carbocycles. The Hall–Kier alpha value is -2.70. The number of carbonyl (C=O) groups excluding carboxylic acids is 1. The summed E-state index contributed by atoms with van der Waals surface area (Å²) < 4.78 is 18.4. The van der Waals surface area contributed by atoms with E-state index in [1.54, 1.807) is 17.2 Å². The average Bonchev–Trinajstić information content (AvgIpc) is 2.52. The van der Waals surface area contributed by atoms with Crippen LogP contribution in [0.25, 0.3) is 0 Å². The molecule has 6 nitrogen and oxygen atoms in total. The topological polar surface area (TPSA) is 67.3 Å². The van der Waals surface area contributed by atoms with Gasteiger partial charge in [0, 0.05) is 25.9 Å². The Kier molecular flexibility index (Phi) is 4.88. The van der Waals surface area contributed by atoms with Gasteiger partial charge in [0.15, 0.2) is 11.6 Å². The number of carbonyl (C=O) groups is 1. The van der Waals surface area contributed by atoms with Gasteiger partial charge in [-0.2, -0.15) is 0 Å². The van der Waals surface area contributed by atoms with Crippen molar-refractivity contribution in [3.63, 3.8) is 0 Å². The molecule has 0 saturated carbocycles. The number of methoxy groups -OCH3 is 1. The van der Waals surface area contributed by atoms with Gasteiger partial charge < -0.3 is 15.0 Å². The molecule has 7 heteroatoms. The Morgan fingerprint density at radius 1 is 1.36 bits per heavy atom. The summed E-state index contributed by atoms with van der Waals surface area (Å²) in [6, 6.07) is 5.77. The first-order valence-electron chi connectivity index (χ1n) is 6.62. The van der Waals surface area contributed by atoms with Crippen LogP contribution in [0.3, 0.4) is 0 Å². The summed E-state index contributed by atoms with van der Waals surface area (Å²) in [4.78, 5) is 22.2. The highest BCUT2D eigenvalue weighted by molar-refractivity contribution is 5.94. The van der Waals surface area contributed by atoms with Crippen LogP contribution in [-0.4, -0.2) is 37.1 Å². The summed E-state index contributed by atoms with van der Waals surface area (Å²) in [7, 11) is 5.03. The quantitative estimate of drug-likeness (QED) is 0.909. The van der Waals surface area contributed by atoms with Crippen LogP contribution in [0.5, 0.6) is 5.75 Å². The van der Waals surface area contributed by atoms with Crippen LogP contribution >= 0.6 is 0 Å². The van der Waals surface area contributed by atoms with Crippen LogP contribution in [0.1, 0.15) is 16.1 Å². The van der Waals surface area contributed by atoms with Crippen molar-refractivity contribution >= 4 is 11.9 Å². The van der Waals surface area contributed by atoms with Gasteiger partial charge in [0.25, 0.3) is 5.91 Å². The fourth-order valence-electron chi connectivity index (χ4n) is 1.78. The van der Waals surface area contributed by atoms with Crippen LogP contribution in [-0.2, 0) is 6.54 Å². The van der Waals surface area contributed by atoms with E-state index >= 15 is 0 Å². The molecule has 2 aromatic rings. The molecule has 1 N–H and O–H groups in total. The minimum Gasteiger partial charge on any atom is -0.494 e. The van der Waals surface area contributed by atoms with E-state index < -0.39 is 5.82 Å². The van der Waals surface area contributed by atoms with E-state index in [9.17, 15) is 9.18 Å². The lowest BCUT2D eigenvalue weighted by Gasteiger charge is -2.11. The summed E-state index contributed by atoms with van der Waals surface area (Å²) in [5.41, 5.74) is 0.890. The van der Waals surface area contributed by atoms with Crippen LogP contribution in [0.2, 0.25) is 0 Å². The lowest BCUT2D eigenvalue weighted by Crippen LogP contribution is -2.24. The number of amides is 1. The molecule has 0 aliphatic heterocycles. The number of nitrogens with one attached hydrogen (secondary N) is 1. The van der Waals surface area contributed by atoms with Crippen molar-refractivity contribution in [1.29, 1.82) is 0 Å². The molecule has 22 heavy (non-hydrogen) atoms. The van der Waals surface area contributed by atoms with Crippen LogP contribution < -0.4 is 15.0 Å². The molecule has 0 spiro atoms. The maximum absolute atomic E-state index is 13.6. The van der Waals surface area contributed by atoms with Crippen molar-refractivity contribution in [1.82, 2.24) is 15.3 Å². The van der Waals surface area contributed by atoms with E-state index in [1.165, 1.54) is 19.2 Å². The molecule has 0 aliphatic carbocycles. The van der Waals surface area contributed by atoms with Crippen molar-refractivity contribution in [3.05, 3.63) is 47.5 Å². The van der Waals surface area contributed by atoms with Crippen molar-refractivity contribution in [3.8, 4) is 5.75 Å². The standard InChI is InChI=1S/C15H17FN4O2/c1-20(2)15-17-7-6-11(19-15)9-18-14(21)10-4-5-13(22-3)12(16)8-10/h4-8H,9H2,1-3H3,(H,18,21). The Bertz CT molecular complexity index is 676. The third-order valence-corrected chi connectivity index (χ3v) is 2.94. The van der Waals surface area contributed by atoms with Crippen molar-refractivity contribution < 1.29 is 13.9 Å². The summed E-state index contributed by atoms with van der Waals surface area (Å²) in [6.07, 6.45) is 1.62. The minimum absolute atomic E-state index is 0.1000. The van der Waals surface area contributed by atoms with Crippen molar-refractivity contribution in [2.75, 3.05) is 26.1 Å². The highest BCUT2D eigenvalue weighted by Gasteiger charge is 2.10. The molecule has 0 aliphatic rings. The normalized spacial score (nSPS) is 10.2. The average molecular weight is 304 g/mol. The summed E-state index contributed by atoms with van der Waals surface area (Å²) in [6.45, 7) is 0.232. The molecular weight excluding hydrogens is 287 g/mol. The highest BCUT2D eigenvalue weighted by atomic mass is 19.1. The third kappa shape index (κ3) is 3.69. The molecule has 1 amide bonds. The van der Waals surface area contributed by atoms with Crippen LogP contribution in [0, 0.1) is 5.82 Å². The molecule has 1 aromatic heterocycles. The second kappa shape index (κ2) is 6.84. The maximum Gasteiger partial charge on any atom is 0.251 e. The predicted molar refractivity (Wildman–Crippen MR) is 80.5 cm³/mol. The van der Waals surface area contributed by atoms with E-state index in [0.29, 0.717) is 11.6 Å². The van der Waals surface area contributed by atoms with Gasteiger partial charge in [-0.3, -0.25) is 4.79 Å². The fraction of sp³-hybridized carbons (Fsp3) is 0.267.